The number of hydrogen-bond donors (Lipinski definition) is 0. The van der Waals surface area contributed by atoms with E-state index in [0.717, 1.165) is 51.4 Å². The lowest BCUT2D eigenvalue weighted by Crippen LogP contribution is -2.48. The zero-order valence-corrected chi connectivity index (χ0v) is 16.5. The van der Waals surface area contributed by atoms with E-state index in [1.54, 1.807) is 9.80 Å². The van der Waals surface area contributed by atoms with Crippen molar-refractivity contribution in [1.82, 2.24) is 9.80 Å². The minimum absolute atomic E-state index is 0.0393. The standard InChI is InChI=1S/C22H30N2O4/c25-19-15-5-1-2-6-16(15)20(26)23(19)13-9-11-14(12-10-13)24-21(27)17-7-3-4-8-18(17)22(24)28/h13-18H,1-12H2. The molecular weight excluding hydrogens is 356 g/mol. The van der Waals surface area contributed by atoms with Crippen molar-refractivity contribution in [2.24, 2.45) is 23.7 Å². The molecular formula is C22H30N2O4. The molecule has 0 bridgehead atoms. The summed E-state index contributed by atoms with van der Waals surface area (Å²) in [6.45, 7) is 0. The highest BCUT2D eigenvalue weighted by molar-refractivity contribution is 6.06. The number of likely N-dealkylation sites (tertiary alicyclic amines) is 2. The lowest BCUT2D eigenvalue weighted by molar-refractivity contribution is -0.148. The zero-order chi connectivity index (χ0) is 19.4. The molecule has 4 amide bonds. The number of rotatable bonds is 2. The number of fused-ring (bicyclic) bond motifs is 2. The molecule has 2 aliphatic heterocycles. The first kappa shape index (κ1) is 18.3. The summed E-state index contributed by atoms with van der Waals surface area (Å²) in [6, 6.07) is -0.0890. The predicted molar refractivity (Wildman–Crippen MR) is 101 cm³/mol. The quantitative estimate of drug-likeness (QED) is 0.684. The van der Waals surface area contributed by atoms with E-state index >= 15 is 0 Å². The highest BCUT2D eigenvalue weighted by atomic mass is 16.2. The van der Waals surface area contributed by atoms with Gasteiger partial charge in [0, 0.05) is 12.1 Å². The van der Waals surface area contributed by atoms with Crippen LogP contribution in [-0.4, -0.2) is 45.5 Å². The summed E-state index contributed by atoms with van der Waals surface area (Å²) in [4.78, 5) is 54.5. The van der Waals surface area contributed by atoms with Crippen LogP contribution in [0.1, 0.15) is 77.0 Å². The molecule has 0 aromatic carbocycles. The van der Waals surface area contributed by atoms with Gasteiger partial charge in [0.05, 0.1) is 23.7 Å². The lowest BCUT2D eigenvalue weighted by atomic mass is 9.81. The van der Waals surface area contributed by atoms with Crippen LogP contribution in [0.3, 0.4) is 0 Å². The molecule has 0 spiro atoms. The molecule has 0 aromatic rings. The van der Waals surface area contributed by atoms with Gasteiger partial charge in [-0.15, -0.1) is 0 Å². The van der Waals surface area contributed by atoms with Crippen molar-refractivity contribution in [3.63, 3.8) is 0 Å². The Hall–Kier alpha value is -1.72. The number of carbonyl (C=O) groups excluding carboxylic acids is 4. The summed E-state index contributed by atoms with van der Waals surface area (Å²) in [5.41, 5.74) is 0. The van der Waals surface area contributed by atoms with Gasteiger partial charge in [-0.3, -0.25) is 29.0 Å². The van der Waals surface area contributed by atoms with Gasteiger partial charge < -0.3 is 0 Å². The molecule has 3 saturated carbocycles. The Morgan fingerprint density at radius 3 is 0.929 bits per heavy atom. The molecule has 0 aromatic heterocycles. The summed E-state index contributed by atoms with van der Waals surface area (Å²) < 4.78 is 0. The topological polar surface area (TPSA) is 74.8 Å². The van der Waals surface area contributed by atoms with Gasteiger partial charge in [0.15, 0.2) is 0 Å². The minimum Gasteiger partial charge on any atom is -0.279 e. The van der Waals surface area contributed by atoms with Gasteiger partial charge in [-0.25, -0.2) is 0 Å². The molecule has 2 saturated heterocycles. The molecule has 2 heterocycles. The second kappa shape index (κ2) is 6.96. The second-order valence-corrected chi connectivity index (χ2v) is 9.55. The molecule has 3 aliphatic carbocycles. The predicted octanol–water partition coefficient (Wildman–Crippen LogP) is 2.65. The van der Waals surface area contributed by atoms with Crippen LogP contribution in [0.5, 0.6) is 0 Å². The fraction of sp³-hybridized carbons (Fsp3) is 0.818. The summed E-state index contributed by atoms with van der Waals surface area (Å²) in [5.74, 6) is -0.217. The zero-order valence-electron chi connectivity index (χ0n) is 16.5. The maximum Gasteiger partial charge on any atom is 0.233 e. The van der Waals surface area contributed by atoms with Crippen molar-refractivity contribution in [3.8, 4) is 0 Å². The average Bonchev–Trinajstić information content (AvgIpc) is 3.14. The Labute approximate surface area is 166 Å². The van der Waals surface area contributed by atoms with Gasteiger partial charge in [0.1, 0.15) is 0 Å². The maximum atomic E-state index is 12.8. The van der Waals surface area contributed by atoms with Crippen molar-refractivity contribution in [2.45, 2.75) is 89.1 Å². The number of imide groups is 2. The van der Waals surface area contributed by atoms with Gasteiger partial charge >= 0.3 is 0 Å². The Bertz CT molecular complexity index is 603. The highest BCUT2D eigenvalue weighted by Gasteiger charge is 2.53. The van der Waals surface area contributed by atoms with Crippen LogP contribution in [-0.2, 0) is 19.2 Å². The van der Waals surface area contributed by atoms with Crippen molar-refractivity contribution >= 4 is 23.6 Å². The first-order valence-corrected chi connectivity index (χ1v) is 11.3. The second-order valence-electron chi connectivity index (χ2n) is 9.55. The van der Waals surface area contributed by atoms with Gasteiger partial charge in [-0.2, -0.15) is 0 Å². The Morgan fingerprint density at radius 1 is 0.429 bits per heavy atom. The average molecular weight is 386 g/mol. The third-order valence-corrected chi connectivity index (χ3v) is 8.15. The molecule has 28 heavy (non-hydrogen) atoms. The molecule has 4 unspecified atom stereocenters. The molecule has 5 fully saturated rings. The van der Waals surface area contributed by atoms with Crippen LogP contribution in [0.15, 0.2) is 0 Å². The van der Waals surface area contributed by atoms with E-state index in [1.165, 1.54) is 0 Å². The lowest BCUT2D eigenvalue weighted by Gasteiger charge is -2.37. The fourth-order valence-electron chi connectivity index (χ4n) is 6.67. The van der Waals surface area contributed by atoms with E-state index in [0.29, 0.717) is 25.7 Å². The summed E-state index contributed by atoms with van der Waals surface area (Å²) in [7, 11) is 0. The van der Waals surface area contributed by atoms with Crippen LogP contribution in [0.25, 0.3) is 0 Å². The van der Waals surface area contributed by atoms with Crippen LogP contribution >= 0.6 is 0 Å². The normalized spacial score (nSPS) is 41.4. The van der Waals surface area contributed by atoms with Crippen molar-refractivity contribution in [2.75, 3.05) is 0 Å². The molecule has 5 rings (SSSR count). The Morgan fingerprint density at radius 2 is 0.679 bits per heavy atom. The molecule has 152 valence electrons. The van der Waals surface area contributed by atoms with Crippen molar-refractivity contribution in [3.05, 3.63) is 0 Å². The molecule has 6 heteroatoms. The summed E-state index contributed by atoms with van der Waals surface area (Å²) in [6.07, 6.45) is 10.4. The minimum atomic E-state index is -0.0937. The Kier molecular flexibility index (Phi) is 4.55. The number of nitrogens with zero attached hydrogens (tertiary/aromatic N) is 2. The van der Waals surface area contributed by atoms with E-state index in [9.17, 15) is 19.2 Å². The van der Waals surface area contributed by atoms with E-state index in [4.69, 9.17) is 0 Å². The van der Waals surface area contributed by atoms with Gasteiger partial charge in [0.2, 0.25) is 23.6 Å². The van der Waals surface area contributed by atoms with Crippen LogP contribution in [0.4, 0.5) is 0 Å². The van der Waals surface area contributed by atoms with E-state index in [2.05, 4.69) is 0 Å². The van der Waals surface area contributed by atoms with Crippen molar-refractivity contribution < 1.29 is 19.2 Å². The monoisotopic (exact) mass is 386 g/mol. The number of carbonyl (C=O) groups is 4. The van der Waals surface area contributed by atoms with Gasteiger partial charge in [0.25, 0.3) is 0 Å². The summed E-state index contributed by atoms with van der Waals surface area (Å²) >= 11 is 0. The molecule has 6 nitrogen and oxygen atoms in total. The van der Waals surface area contributed by atoms with Crippen LogP contribution in [0, 0.1) is 23.7 Å². The number of hydrogen-bond acceptors (Lipinski definition) is 4. The van der Waals surface area contributed by atoms with Crippen molar-refractivity contribution in [1.29, 1.82) is 0 Å². The third kappa shape index (κ3) is 2.66. The first-order chi connectivity index (χ1) is 13.6. The molecule has 5 aliphatic rings. The fourth-order valence-corrected chi connectivity index (χ4v) is 6.67. The molecule has 0 radical (unpaired) electrons. The van der Waals surface area contributed by atoms with Gasteiger partial charge in [-0.05, 0) is 51.4 Å². The molecule has 4 atom stereocenters. The summed E-state index contributed by atoms with van der Waals surface area (Å²) in [5, 5.41) is 0. The molecule has 0 N–H and O–H groups in total. The SMILES string of the molecule is O=C1C2CCCCC2C(=O)N1C1CCC(N2C(=O)C3CCCCC3C2=O)CC1. The maximum absolute atomic E-state index is 12.8. The van der Waals surface area contributed by atoms with E-state index in [-0.39, 0.29) is 59.4 Å². The largest absolute Gasteiger partial charge is 0.279 e. The van der Waals surface area contributed by atoms with E-state index in [1.807, 2.05) is 0 Å². The van der Waals surface area contributed by atoms with Crippen LogP contribution in [0.2, 0.25) is 0 Å². The van der Waals surface area contributed by atoms with Gasteiger partial charge in [-0.1, -0.05) is 25.7 Å². The first-order valence-electron chi connectivity index (χ1n) is 11.3. The third-order valence-electron chi connectivity index (χ3n) is 8.15. The van der Waals surface area contributed by atoms with E-state index < -0.39 is 0 Å². The smallest absolute Gasteiger partial charge is 0.233 e. The Balaban J connectivity index is 1.26. The number of amides is 4. The highest BCUT2D eigenvalue weighted by Crippen LogP contribution is 2.43. The van der Waals surface area contributed by atoms with Crippen LogP contribution < -0.4 is 0 Å².